The summed E-state index contributed by atoms with van der Waals surface area (Å²) in [5.41, 5.74) is -0.997. The van der Waals surface area contributed by atoms with Crippen LogP contribution in [0.3, 0.4) is 0 Å². The molecule has 19 heavy (non-hydrogen) atoms. The van der Waals surface area contributed by atoms with E-state index in [9.17, 15) is 18.7 Å². The highest BCUT2D eigenvalue weighted by atomic mass is 19.2. The molecule has 0 spiro atoms. The molecule has 2 aromatic rings. The number of benzene rings is 1. The van der Waals surface area contributed by atoms with E-state index >= 15 is 0 Å². The molecule has 1 aromatic heterocycles. The van der Waals surface area contributed by atoms with E-state index in [0.717, 1.165) is 12.1 Å². The highest BCUT2D eigenvalue weighted by molar-refractivity contribution is 6.03. The van der Waals surface area contributed by atoms with Gasteiger partial charge in [-0.25, -0.2) is 13.6 Å². The van der Waals surface area contributed by atoms with Crippen molar-refractivity contribution in [1.29, 1.82) is 0 Å². The number of carboxylic acid groups (broad SMARTS) is 1. The fourth-order valence-electron chi connectivity index (χ4n) is 2.00. The van der Waals surface area contributed by atoms with Crippen LogP contribution in [0.1, 0.15) is 24.2 Å². The van der Waals surface area contributed by atoms with E-state index in [1.54, 1.807) is 13.8 Å². The molecule has 0 aliphatic carbocycles. The van der Waals surface area contributed by atoms with Crippen LogP contribution >= 0.6 is 0 Å². The van der Waals surface area contributed by atoms with Crippen LogP contribution in [-0.2, 0) is 6.54 Å². The Morgan fingerprint density at radius 2 is 1.89 bits per heavy atom. The molecule has 0 bridgehead atoms. The number of rotatable bonds is 3. The van der Waals surface area contributed by atoms with Crippen LogP contribution < -0.4 is 0 Å². The number of hydrogen-bond acceptors (Lipinski definition) is 2. The summed E-state index contributed by atoms with van der Waals surface area (Å²) in [5.74, 6) is -3.39. The first-order valence-electron chi connectivity index (χ1n) is 5.62. The lowest BCUT2D eigenvalue weighted by atomic mass is 10.1. The zero-order chi connectivity index (χ0) is 14.4. The van der Waals surface area contributed by atoms with Gasteiger partial charge in [0.1, 0.15) is 0 Å². The van der Waals surface area contributed by atoms with E-state index in [1.807, 2.05) is 0 Å². The number of nitrogens with zero attached hydrogens (tertiary/aromatic N) is 1. The van der Waals surface area contributed by atoms with E-state index in [2.05, 4.69) is 0 Å². The molecule has 2 rings (SSSR count). The average Bonchev–Trinajstić information content (AvgIpc) is 2.56. The largest absolute Gasteiger partial charge is 0.478 e. The van der Waals surface area contributed by atoms with Crippen LogP contribution in [0.25, 0.3) is 10.9 Å². The lowest BCUT2D eigenvalue weighted by Gasteiger charge is -2.18. The lowest BCUT2D eigenvalue weighted by Crippen LogP contribution is -2.25. The Morgan fingerprint density at radius 1 is 1.32 bits per heavy atom. The summed E-state index contributed by atoms with van der Waals surface area (Å²) < 4.78 is 27.9. The van der Waals surface area contributed by atoms with Gasteiger partial charge in [0.2, 0.25) is 0 Å². The molecule has 1 heterocycles. The first-order chi connectivity index (χ1) is 8.69. The van der Waals surface area contributed by atoms with E-state index < -0.39 is 23.2 Å². The fraction of sp³-hybridized carbons (Fsp3) is 0.308. The summed E-state index contributed by atoms with van der Waals surface area (Å²) in [4.78, 5) is 11.1. The SMILES string of the molecule is CC(C)(O)Cn1cc(C(=O)O)c2cc(F)c(F)cc21. The van der Waals surface area contributed by atoms with E-state index in [1.165, 1.54) is 10.8 Å². The van der Waals surface area contributed by atoms with Gasteiger partial charge in [-0.05, 0) is 19.9 Å². The Bertz CT molecular complexity index is 656. The van der Waals surface area contributed by atoms with Crippen LogP contribution in [0.15, 0.2) is 18.3 Å². The molecular weight excluding hydrogens is 256 g/mol. The molecule has 0 aliphatic rings. The highest BCUT2D eigenvalue weighted by Gasteiger charge is 2.21. The van der Waals surface area contributed by atoms with Crippen LogP contribution in [0.2, 0.25) is 0 Å². The summed E-state index contributed by atoms with van der Waals surface area (Å²) in [7, 11) is 0. The zero-order valence-corrected chi connectivity index (χ0v) is 10.4. The zero-order valence-electron chi connectivity index (χ0n) is 10.4. The van der Waals surface area contributed by atoms with Crippen LogP contribution in [-0.4, -0.2) is 26.4 Å². The molecule has 0 saturated heterocycles. The molecule has 0 atom stereocenters. The van der Waals surface area contributed by atoms with Crippen LogP contribution in [0.5, 0.6) is 0 Å². The van der Waals surface area contributed by atoms with E-state index in [4.69, 9.17) is 5.11 Å². The van der Waals surface area contributed by atoms with Crippen molar-refractivity contribution in [2.24, 2.45) is 0 Å². The maximum absolute atomic E-state index is 13.3. The predicted molar refractivity (Wildman–Crippen MR) is 65.1 cm³/mol. The van der Waals surface area contributed by atoms with Crippen molar-refractivity contribution < 1.29 is 23.8 Å². The molecule has 1 aromatic carbocycles. The predicted octanol–water partition coefficient (Wildman–Crippen LogP) is 2.39. The minimum absolute atomic E-state index is 0.0713. The average molecular weight is 269 g/mol. The second kappa shape index (κ2) is 4.31. The van der Waals surface area contributed by atoms with E-state index in [0.29, 0.717) is 0 Å². The highest BCUT2D eigenvalue weighted by Crippen LogP contribution is 2.25. The Labute approximate surface area is 107 Å². The van der Waals surface area contributed by atoms with Crippen molar-refractivity contribution in [2.75, 3.05) is 0 Å². The van der Waals surface area contributed by atoms with Gasteiger partial charge in [0, 0.05) is 17.6 Å². The molecular formula is C13H13F2NO3. The number of aromatic nitrogens is 1. The lowest BCUT2D eigenvalue weighted by molar-refractivity contribution is 0.0619. The summed E-state index contributed by atoms with van der Waals surface area (Å²) >= 11 is 0. The van der Waals surface area contributed by atoms with Gasteiger partial charge in [-0.3, -0.25) is 0 Å². The van der Waals surface area contributed by atoms with Crippen molar-refractivity contribution in [2.45, 2.75) is 26.0 Å². The van der Waals surface area contributed by atoms with E-state index in [-0.39, 0.29) is 23.0 Å². The second-order valence-electron chi connectivity index (χ2n) is 5.07. The van der Waals surface area contributed by atoms with Crippen molar-refractivity contribution in [3.63, 3.8) is 0 Å². The van der Waals surface area contributed by atoms with Gasteiger partial charge in [-0.15, -0.1) is 0 Å². The number of aromatic carboxylic acids is 1. The minimum Gasteiger partial charge on any atom is -0.478 e. The monoisotopic (exact) mass is 269 g/mol. The summed E-state index contributed by atoms with van der Waals surface area (Å²) in [6.45, 7) is 3.15. The Kier molecular flexibility index (Phi) is 3.06. The Morgan fingerprint density at radius 3 is 2.42 bits per heavy atom. The van der Waals surface area contributed by atoms with Gasteiger partial charge < -0.3 is 14.8 Å². The van der Waals surface area contributed by atoms with Gasteiger partial charge in [-0.2, -0.15) is 0 Å². The quantitative estimate of drug-likeness (QED) is 0.899. The second-order valence-corrected chi connectivity index (χ2v) is 5.07. The van der Waals surface area contributed by atoms with Gasteiger partial charge in [0.15, 0.2) is 11.6 Å². The molecule has 2 N–H and O–H groups in total. The molecule has 0 radical (unpaired) electrons. The maximum atomic E-state index is 13.3. The molecule has 0 fully saturated rings. The number of hydrogen-bond donors (Lipinski definition) is 2. The van der Waals surface area contributed by atoms with Crippen molar-refractivity contribution in [3.8, 4) is 0 Å². The first-order valence-corrected chi connectivity index (χ1v) is 5.62. The third-order valence-electron chi connectivity index (χ3n) is 2.71. The number of fused-ring (bicyclic) bond motifs is 1. The third kappa shape index (κ3) is 2.58. The number of aliphatic hydroxyl groups is 1. The Balaban J connectivity index is 2.71. The number of carboxylic acids is 1. The van der Waals surface area contributed by atoms with Crippen molar-refractivity contribution >= 4 is 16.9 Å². The van der Waals surface area contributed by atoms with Crippen LogP contribution in [0, 0.1) is 11.6 Å². The molecule has 102 valence electrons. The summed E-state index contributed by atoms with van der Waals surface area (Å²) in [6.07, 6.45) is 1.27. The van der Waals surface area contributed by atoms with Gasteiger partial charge in [-0.1, -0.05) is 0 Å². The van der Waals surface area contributed by atoms with Gasteiger partial charge in [0.25, 0.3) is 0 Å². The van der Waals surface area contributed by atoms with Gasteiger partial charge in [0.05, 0.1) is 23.2 Å². The summed E-state index contributed by atoms with van der Waals surface area (Å²) in [6, 6.07) is 1.79. The molecule has 0 saturated carbocycles. The molecule has 6 heteroatoms. The standard InChI is InChI=1S/C13H13F2NO3/c1-13(2,19)6-16-5-8(12(17)18)7-3-9(14)10(15)4-11(7)16/h3-5,19H,6H2,1-2H3,(H,17,18). The third-order valence-corrected chi connectivity index (χ3v) is 2.71. The molecule has 4 nitrogen and oxygen atoms in total. The van der Waals surface area contributed by atoms with Gasteiger partial charge >= 0.3 is 5.97 Å². The van der Waals surface area contributed by atoms with Crippen LogP contribution in [0.4, 0.5) is 8.78 Å². The number of halogens is 2. The van der Waals surface area contributed by atoms with Crippen molar-refractivity contribution in [3.05, 3.63) is 35.5 Å². The normalized spacial score (nSPS) is 12.1. The number of carbonyl (C=O) groups is 1. The fourth-order valence-corrected chi connectivity index (χ4v) is 2.00. The maximum Gasteiger partial charge on any atom is 0.337 e. The van der Waals surface area contributed by atoms with Crippen molar-refractivity contribution in [1.82, 2.24) is 4.57 Å². The summed E-state index contributed by atoms with van der Waals surface area (Å²) in [5, 5.41) is 18.9. The minimum atomic E-state index is -1.23. The molecule has 0 aliphatic heterocycles. The Hall–Kier alpha value is -1.95. The first kappa shape index (κ1) is 13.5. The smallest absolute Gasteiger partial charge is 0.337 e. The molecule has 0 unspecified atom stereocenters. The topological polar surface area (TPSA) is 62.5 Å². The molecule has 0 amide bonds.